The summed E-state index contributed by atoms with van der Waals surface area (Å²) in [6.07, 6.45) is 20.0. The molecule has 0 amide bonds. The smallest absolute Gasteiger partial charge is 0.105 e. The second-order valence-electron chi connectivity index (χ2n) is 8.16. The summed E-state index contributed by atoms with van der Waals surface area (Å²) < 4.78 is 0. The van der Waals surface area contributed by atoms with E-state index in [1.54, 1.807) is 5.70 Å². The summed E-state index contributed by atoms with van der Waals surface area (Å²) in [5.74, 6) is 2.79. The van der Waals surface area contributed by atoms with E-state index in [1.807, 2.05) is 0 Å². The van der Waals surface area contributed by atoms with Crippen molar-refractivity contribution in [2.45, 2.75) is 82.5 Å². The fourth-order valence-corrected chi connectivity index (χ4v) is 4.65. The Bertz CT molecular complexity index is 431. The zero-order valence-corrected chi connectivity index (χ0v) is 14.9. The van der Waals surface area contributed by atoms with Crippen molar-refractivity contribution in [3.05, 3.63) is 23.9 Å². The van der Waals surface area contributed by atoms with E-state index < -0.39 is 0 Å². The monoisotopic (exact) mass is 297 g/mol. The number of hydrogen-bond donors (Lipinski definition) is 0. The summed E-state index contributed by atoms with van der Waals surface area (Å²) >= 11 is 0. The van der Waals surface area contributed by atoms with Crippen LogP contribution in [-0.2, 0) is 0 Å². The lowest BCUT2D eigenvalue weighted by Gasteiger charge is -2.47. The quantitative estimate of drug-likeness (QED) is 0.537. The van der Waals surface area contributed by atoms with Gasteiger partial charge in [0, 0.05) is 17.8 Å². The van der Waals surface area contributed by atoms with Crippen molar-refractivity contribution in [2.75, 3.05) is 0 Å². The average molecular weight is 297 g/mol. The second kappa shape index (κ2) is 7.32. The zero-order chi connectivity index (χ0) is 15.5. The molecular formula is C19H33B2N. The molecule has 0 saturated heterocycles. The van der Waals surface area contributed by atoms with Gasteiger partial charge >= 0.3 is 0 Å². The molecule has 0 aromatic heterocycles. The number of allylic oxidation sites excluding steroid dienone is 3. The van der Waals surface area contributed by atoms with Crippen molar-refractivity contribution in [2.24, 2.45) is 11.8 Å². The van der Waals surface area contributed by atoms with Crippen LogP contribution in [0.1, 0.15) is 58.3 Å². The molecule has 22 heavy (non-hydrogen) atoms. The van der Waals surface area contributed by atoms with E-state index in [1.165, 1.54) is 57.7 Å². The predicted molar refractivity (Wildman–Crippen MR) is 102 cm³/mol. The van der Waals surface area contributed by atoms with Gasteiger partial charge in [-0.25, -0.2) is 0 Å². The van der Waals surface area contributed by atoms with Crippen LogP contribution in [-0.4, -0.2) is 32.7 Å². The van der Waals surface area contributed by atoms with Gasteiger partial charge in [0.15, 0.2) is 0 Å². The summed E-state index contributed by atoms with van der Waals surface area (Å²) in [4.78, 5) is 2.83. The molecule has 1 nitrogen and oxygen atoms in total. The summed E-state index contributed by atoms with van der Waals surface area (Å²) in [5, 5.41) is 0. The van der Waals surface area contributed by atoms with Crippen molar-refractivity contribution in [1.29, 1.82) is 0 Å². The summed E-state index contributed by atoms with van der Waals surface area (Å²) in [6.45, 7) is 2.47. The molecule has 0 heterocycles. The lowest BCUT2D eigenvalue weighted by atomic mass is 9.67. The van der Waals surface area contributed by atoms with Crippen LogP contribution >= 0.6 is 0 Å². The topological polar surface area (TPSA) is 3.24 Å². The molecule has 0 aliphatic heterocycles. The van der Waals surface area contributed by atoms with E-state index in [0.717, 1.165) is 17.7 Å². The van der Waals surface area contributed by atoms with Gasteiger partial charge in [0.05, 0.1) is 0 Å². The van der Waals surface area contributed by atoms with Crippen molar-refractivity contribution in [3.63, 3.8) is 0 Å². The highest BCUT2D eigenvalue weighted by Gasteiger charge is 2.37. The zero-order valence-electron chi connectivity index (χ0n) is 14.9. The van der Waals surface area contributed by atoms with Gasteiger partial charge in [-0.05, 0) is 57.3 Å². The van der Waals surface area contributed by atoms with Gasteiger partial charge in [0.1, 0.15) is 15.7 Å². The van der Waals surface area contributed by atoms with Crippen LogP contribution in [0.5, 0.6) is 0 Å². The van der Waals surface area contributed by atoms with Crippen LogP contribution in [0.15, 0.2) is 23.9 Å². The largest absolute Gasteiger partial charge is 0.366 e. The highest BCUT2D eigenvalue weighted by Crippen LogP contribution is 2.44. The van der Waals surface area contributed by atoms with E-state index in [-0.39, 0.29) is 0 Å². The maximum absolute atomic E-state index is 2.83. The van der Waals surface area contributed by atoms with Crippen LogP contribution in [0.4, 0.5) is 0 Å². The first-order valence-electron chi connectivity index (χ1n) is 9.84. The maximum Gasteiger partial charge on any atom is 0.105 e. The predicted octanol–water partition coefficient (Wildman–Crippen LogP) is 3.35. The molecule has 120 valence electrons. The molecule has 0 radical (unpaired) electrons. The number of nitrogens with zero attached hydrogens (tertiary/aromatic N) is 1. The molecule has 3 heteroatoms. The van der Waals surface area contributed by atoms with Crippen LogP contribution in [0.2, 0.25) is 12.1 Å². The number of hydrogen-bond acceptors (Lipinski definition) is 1. The van der Waals surface area contributed by atoms with Gasteiger partial charge in [-0.15, -0.1) is 0 Å². The lowest BCUT2D eigenvalue weighted by molar-refractivity contribution is 0.118. The highest BCUT2D eigenvalue weighted by atomic mass is 15.2. The summed E-state index contributed by atoms with van der Waals surface area (Å²) in [6, 6.07) is 1.37. The normalized spacial score (nSPS) is 35.2. The fraction of sp³-hybridized carbons (Fsp3) is 0.789. The second-order valence-corrected chi connectivity index (χ2v) is 8.16. The Hall–Kier alpha value is -0.590. The van der Waals surface area contributed by atoms with Gasteiger partial charge in [-0.2, -0.15) is 0 Å². The van der Waals surface area contributed by atoms with E-state index in [9.17, 15) is 0 Å². The van der Waals surface area contributed by atoms with Crippen LogP contribution in [0.25, 0.3) is 0 Å². The molecule has 0 aromatic rings. The van der Waals surface area contributed by atoms with Gasteiger partial charge in [0.2, 0.25) is 0 Å². The van der Waals surface area contributed by atoms with E-state index in [4.69, 9.17) is 0 Å². The minimum Gasteiger partial charge on any atom is -0.366 e. The van der Waals surface area contributed by atoms with Gasteiger partial charge < -0.3 is 4.90 Å². The van der Waals surface area contributed by atoms with Crippen LogP contribution in [0.3, 0.4) is 0 Å². The molecule has 5 unspecified atom stereocenters. The third-order valence-corrected chi connectivity index (χ3v) is 6.39. The van der Waals surface area contributed by atoms with E-state index in [0.29, 0.717) is 12.1 Å². The molecule has 1 saturated carbocycles. The standard InChI is InChI=1S/C19H33B2N/c1-14(3-2-12-20)22(18-10-7-17(21)8-11-18)19-9-6-15-4-5-16(15)13-19/h6,9-10,14-17,19H,2-5,7-8,11-13,20-21H2,1H3. The summed E-state index contributed by atoms with van der Waals surface area (Å²) in [7, 11) is 4.72. The summed E-state index contributed by atoms with van der Waals surface area (Å²) in [5.41, 5.74) is 1.66. The Labute approximate surface area is 139 Å². The maximum atomic E-state index is 2.83. The molecule has 0 aromatic carbocycles. The Morgan fingerprint density at radius 1 is 1.27 bits per heavy atom. The molecule has 1 fully saturated rings. The average Bonchev–Trinajstić information content (AvgIpc) is 2.50. The first-order valence-corrected chi connectivity index (χ1v) is 9.84. The van der Waals surface area contributed by atoms with Crippen molar-refractivity contribution < 1.29 is 0 Å². The van der Waals surface area contributed by atoms with Crippen molar-refractivity contribution >= 4 is 15.7 Å². The third-order valence-electron chi connectivity index (χ3n) is 6.39. The fourth-order valence-electron chi connectivity index (χ4n) is 4.65. The van der Waals surface area contributed by atoms with Crippen molar-refractivity contribution in [1.82, 2.24) is 4.90 Å². The Balaban J connectivity index is 1.75. The van der Waals surface area contributed by atoms with Crippen LogP contribution < -0.4 is 0 Å². The highest BCUT2D eigenvalue weighted by molar-refractivity contribution is 6.11. The Morgan fingerprint density at radius 3 is 2.73 bits per heavy atom. The third kappa shape index (κ3) is 3.49. The first kappa shape index (κ1) is 16.3. The molecule has 3 rings (SSSR count). The number of fused-ring (bicyclic) bond motifs is 1. The van der Waals surface area contributed by atoms with Gasteiger partial charge in [0.25, 0.3) is 0 Å². The molecule has 3 aliphatic rings. The van der Waals surface area contributed by atoms with E-state index in [2.05, 4.69) is 45.7 Å². The first-order chi connectivity index (χ1) is 10.7. The minimum atomic E-state index is 0.674. The Morgan fingerprint density at radius 2 is 2.14 bits per heavy atom. The Kier molecular flexibility index (Phi) is 5.42. The molecule has 3 aliphatic carbocycles. The molecular weight excluding hydrogens is 264 g/mol. The molecule has 0 N–H and O–H groups in total. The lowest BCUT2D eigenvalue weighted by Crippen LogP contribution is -2.45. The minimum absolute atomic E-state index is 0.674. The van der Waals surface area contributed by atoms with Gasteiger partial charge in [-0.3, -0.25) is 0 Å². The molecule has 0 bridgehead atoms. The van der Waals surface area contributed by atoms with Gasteiger partial charge in [-0.1, -0.05) is 43.2 Å². The molecule has 5 atom stereocenters. The van der Waals surface area contributed by atoms with Crippen LogP contribution in [0, 0.1) is 11.8 Å². The SMILES string of the molecule is BCCCC(C)N(C1=CCC(B)CC1)C1C=CC2CCC2C1. The van der Waals surface area contributed by atoms with E-state index >= 15 is 0 Å². The van der Waals surface area contributed by atoms with Crippen molar-refractivity contribution in [3.8, 4) is 0 Å². The molecule has 0 spiro atoms. The number of rotatable bonds is 6.